The summed E-state index contributed by atoms with van der Waals surface area (Å²) < 4.78 is 5.10. The molecule has 3 N–H and O–H groups in total. The van der Waals surface area contributed by atoms with Gasteiger partial charge in [0.15, 0.2) is 0 Å². The Morgan fingerprint density at radius 2 is 1.80 bits per heavy atom. The van der Waals surface area contributed by atoms with Gasteiger partial charge in [0.05, 0.1) is 0 Å². The van der Waals surface area contributed by atoms with E-state index in [-0.39, 0.29) is 12.3 Å². The number of carbonyl (C=O) groups excluding carboxylic acids is 1. The zero-order valence-electron chi connectivity index (χ0n) is 15.4. The molecule has 0 saturated heterocycles. The summed E-state index contributed by atoms with van der Waals surface area (Å²) in [6.45, 7) is 5.16. The number of amides is 1. The molecule has 1 amide bonds. The highest BCUT2D eigenvalue weighted by Gasteiger charge is 2.26. The summed E-state index contributed by atoms with van der Waals surface area (Å²) in [7, 11) is 0. The van der Waals surface area contributed by atoms with Gasteiger partial charge >= 0.3 is 18.0 Å². The van der Waals surface area contributed by atoms with E-state index in [1.165, 1.54) is 0 Å². The molecule has 0 aromatic carbocycles. The van der Waals surface area contributed by atoms with Crippen LogP contribution in [0.2, 0.25) is 0 Å². The molecule has 0 spiro atoms. The number of rotatable bonds is 8. The number of carbonyl (C=O) groups is 3. The van der Waals surface area contributed by atoms with Crippen LogP contribution in [0.4, 0.5) is 4.79 Å². The second kappa shape index (κ2) is 9.63. The predicted molar refractivity (Wildman–Crippen MR) is 92.3 cm³/mol. The van der Waals surface area contributed by atoms with Crippen molar-refractivity contribution in [1.29, 1.82) is 0 Å². The van der Waals surface area contributed by atoms with Gasteiger partial charge in [-0.25, -0.2) is 9.59 Å². The SMILES string of the molecule is CC(C)(C)OC(=O)NC(CCCC1CCCC(CC(=O)O)C1)C(=O)O. The fourth-order valence-corrected chi connectivity index (χ4v) is 3.41. The van der Waals surface area contributed by atoms with E-state index in [0.717, 1.165) is 32.1 Å². The molecule has 0 aromatic heterocycles. The Balaban J connectivity index is 2.38. The predicted octanol–water partition coefficient (Wildman–Crippen LogP) is 3.42. The summed E-state index contributed by atoms with van der Waals surface area (Å²) in [5, 5.41) is 20.6. The van der Waals surface area contributed by atoms with Crippen LogP contribution in [0.1, 0.15) is 72.1 Å². The van der Waals surface area contributed by atoms with Gasteiger partial charge in [0.25, 0.3) is 0 Å². The Labute approximate surface area is 149 Å². The monoisotopic (exact) mass is 357 g/mol. The Kier molecular flexibility index (Phi) is 8.19. The molecule has 1 fully saturated rings. The van der Waals surface area contributed by atoms with Crippen LogP contribution in [0.25, 0.3) is 0 Å². The second-order valence-electron chi connectivity index (χ2n) is 7.96. The molecule has 0 bridgehead atoms. The molecular weight excluding hydrogens is 326 g/mol. The smallest absolute Gasteiger partial charge is 0.408 e. The number of alkyl carbamates (subject to hydrolysis) is 1. The number of hydrogen-bond donors (Lipinski definition) is 3. The summed E-state index contributed by atoms with van der Waals surface area (Å²) in [5.41, 5.74) is -0.672. The van der Waals surface area contributed by atoms with Crippen LogP contribution in [0, 0.1) is 11.8 Å². The second-order valence-corrected chi connectivity index (χ2v) is 7.96. The summed E-state index contributed by atoms with van der Waals surface area (Å²) >= 11 is 0. The number of hydrogen-bond acceptors (Lipinski definition) is 4. The summed E-state index contributed by atoms with van der Waals surface area (Å²) in [6.07, 6.45) is 5.31. The summed E-state index contributed by atoms with van der Waals surface area (Å²) in [6, 6.07) is -0.965. The van der Waals surface area contributed by atoms with E-state index in [1.807, 2.05) is 0 Å². The van der Waals surface area contributed by atoms with Gasteiger partial charge in [-0.15, -0.1) is 0 Å². The molecule has 1 aliphatic rings. The minimum absolute atomic E-state index is 0.217. The molecule has 25 heavy (non-hydrogen) atoms. The van der Waals surface area contributed by atoms with Gasteiger partial charge in [-0.05, 0) is 51.9 Å². The van der Waals surface area contributed by atoms with Crippen LogP contribution < -0.4 is 5.32 Å². The third kappa shape index (κ3) is 9.31. The quantitative estimate of drug-likeness (QED) is 0.613. The zero-order valence-corrected chi connectivity index (χ0v) is 15.4. The van der Waals surface area contributed by atoms with Crippen molar-refractivity contribution >= 4 is 18.0 Å². The Hall–Kier alpha value is -1.79. The van der Waals surface area contributed by atoms with E-state index in [9.17, 15) is 19.5 Å². The van der Waals surface area contributed by atoms with Gasteiger partial charge in [0.1, 0.15) is 11.6 Å². The fraction of sp³-hybridized carbons (Fsp3) is 0.833. The van der Waals surface area contributed by atoms with Crippen molar-refractivity contribution in [3.05, 3.63) is 0 Å². The fourth-order valence-electron chi connectivity index (χ4n) is 3.41. The van der Waals surface area contributed by atoms with Gasteiger partial charge < -0.3 is 20.3 Å². The standard InChI is InChI=1S/C18H31NO6/c1-18(2,3)25-17(24)19-14(16(22)23)9-5-7-12-6-4-8-13(10-12)11-15(20)21/h12-14H,4-11H2,1-3H3,(H,19,24)(H,20,21)(H,22,23). The molecule has 7 heteroatoms. The van der Waals surface area contributed by atoms with E-state index >= 15 is 0 Å². The van der Waals surface area contributed by atoms with Gasteiger partial charge in [0, 0.05) is 6.42 Å². The minimum atomic E-state index is -1.07. The largest absolute Gasteiger partial charge is 0.481 e. The summed E-state index contributed by atoms with van der Waals surface area (Å²) in [5.74, 6) is -1.16. The lowest BCUT2D eigenvalue weighted by Crippen LogP contribution is -2.43. The van der Waals surface area contributed by atoms with Gasteiger partial charge in [-0.1, -0.05) is 25.7 Å². The van der Waals surface area contributed by atoms with Crippen LogP contribution >= 0.6 is 0 Å². The average molecular weight is 357 g/mol. The normalized spacial score (nSPS) is 22.0. The molecule has 1 rings (SSSR count). The van der Waals surface area contributed by atoms with E-state index in [4.69, 9.17) is 9.84 Å². The zero-order chi connectivity index (χ0) is 19.0. The lowest BCUT2D eigenvalue weighted by Gasteiger charge is -2.28. The third-order valence-electron chi connectivity index (χ3n) is 4.45. The first-order valence-electron chi connectivity index (χ1n) is 9.01. The molecule has 3 unspecified atom stereocenters. The van der Waals surface area contributed by atoms with Gasteiger partial charge in [-0.2, -0.15) is 0 Å². The number of ether oxygens (including phenoxy) is 1. The first-order valence-corrected chi connectivity index (χ1v) is 9.01. The van der Waals surface area contributed by atoms with Crippen LogP contribution in [-0.2, 0) is 14.3 Å². The first kappa shape index (κ1) is 21.3. The lowest BCUT2D eigenvalue weighted by molar-refractivity contribution is -0.140. The Morgan fingerprint density at radius 1 is 1.16 bits per heavy atom. The molecule has 1 aliphatic carbocycles. The highest BCUT2D eigenvalue weighted by molar-refractivity contribution is 5.79. The van der Waals surface area contributed by atoms with Crippen molar-refractivity contribution in [3.63, 3.8) is 0 Å². The molecular formula is C18H31NO6. The highest BCUT2D eigenvalue weighted by atomic mass is 16.6. The molecule has 0 aromatic rings. The maximum absolute atomic E-state index is 11.7. The van der Waals surface area contributed by atoms with E-state index in [1.54, 1.807) is 20.8 Å². The molecule has 144 valence electrons. The molecule has 1 saturated carbocycles. The van der Waals surface area contributed by atoms with Crippen molar-refractivity contribution in [2.75, 3.05) is 0 Å². The number of carboxylic acids is 2. The maximum Gasteiger partial charge on any atom is 0.408 e. The third-order valence-corrected chi connectivity index (χ3v) is 4.45. The van der Waals surface area contributed by atoms with Crippen molar-refractivity contribution in [3.8, 4) is 0 Å². The topological polar surface area (TPSA) is 113 Å². The van der Waals surface area contributed by atoms with E-state index in [2.05, 4.69) is 5.32 Å². The first-order chi connectivity index (χ1) is 11.6. The molecule has 3 atom stereocenters. The van der Waals surface area contributed by atoms with Gasteiger partial charge in [0.2, 0.25) is 0 Å². The van der Waals surface area contributed by atoms with Crippen molar-refractivity contribution in [2.45, 2.75) is 83.8 Å². The van der Waals surface area contributed by atoms with Crippen LogP contribution in [0.5, 0.6) is 0 Å². The van der Waals surface area contributed by atoms with Crippen LogP contribution in [0.15, 0.2) is 0 Å². The molecule has 0 radical (unpaired) electrons. The number of carboxylic acid groups (broad SMARTS) is 2. The Bertz CT molecular complexity index is 471. The maximum atomic E-state index is 11.7. The molecule has 0 aliphatic heterocycles. The Morgan fingerprint density at radius 3 is 2.36 bits per heavy atom. The van der Waals surface area contributed by atoms with E-state index in [0.29, 0.717) is 18.8 Å². The molecule has 7 nitrogen and oxygen atoms in total. The van der Waals surface area contributed by atoms with Crippen LogP contribution in [0.3, 0.4) is 0 Å². The van der Waals surface area contributed by atoms with E-state index < -0.39 is 29.7 Å². The van der Waals surface area contributed by atoms with Crippen molar-refractivity contribution in [1.82, 2.24) is 5.32 Å². The number of nitrogens with one attached hydrogen (secondary N) is 1. The highest BCUT2D eigenvalue weighted by Crippen LogP contribution is 2.34. The van der Waals surface area contributed by atoms with Crippen molar-refractivity contribution < 1.29 is 29.3 Å². The lowest BCUT2D eigenvalue weighted by atomic mass is 9.78. The molecule has 0 heterocycles. The summed E-state index contributed by atoms with van der Waals surface area (Å²) in [4.78, 5) is 33.9. The average Bonchev–Trinajstić information content (AvgIpc) is 2.43. The van der Waals surface area contributed by atoms with Crippen LogP contribution in [-0.4, -0.2) is 39.9 Å². The minimum Gasteiger partial charge on any atom is -0.481 e. The van der Waals surface area contributed by atoms with Gasteiger partial charge in [-0.3, -0.25) is 4.79 Å². The van der Waals surface area contributed by atoms with Crippen molar-refractivity contribution in [2.24, 2.45) is 11.8 Å². The number of aliphatic carboxylic acids is 2.